The van der Waals surface area contributed by atoms with Gasteiger partial charge in [0.1, 0.15) is 0 Å². The second-order valence-electron chi connectivity index (χ2n) is 5.62. The molecule has 0 bridgehead atoms. The van der Waals surface area contributed by atoms with Crippen LogP contribution in [-0.4, -0.2) is 29.2 Å². The van der Waals surface area contributed by atoms with Crippen molar-refractivity contribution in [3.63, 3.8) is 0 Å². The third kappa shape index (κ3) is 4.64. The maximum Gasteiger partial charge on any atom is 0.240 e. The fourth-order valence-corrected chi connectivity index (χ4v) is 2.52. The Morgan fingerprint density at radius 2 is 1.94 bits per heavy atom. The monoisotopic (exact) mass is 242 g/mol. The summed E-state index contributed by atoms with van der Waals surface area (Å²) in [6.45, 7) is 4.39. The SMILES string of the molecule is CC(O)CC(C)CNC(=O)C1(N)CCCCC1. The largest absolute Gasteiger partial charge is 0.393 e. The highest BCUT2D eigenvalue weighted by Gasteiger charge is 2.35. The van der Waals surface area contributed by atoms with Crippen LogP contribution >= 0.6 is 0 Å². The van der Waals surface area contributed by atoms with Gasteiger partial charge in [-0.15, -0.1) is 0 Å². The summed E-state index contributed by atoms with van der Waals surface area (Å²) in [6, 6.07) is 0. The summed E-state index contributed by atoms with van der Waals surface area (Å²) < 4.78 is 0. The number of amides is 1. The zero-order valence-electron chi connectivity index (χ0n) is 11.0. The first kappa shape index (κ1) is 14.5. The van der Waals surface area contributed by atoms with Crippen molar-refractivity contribution in [2.45, 2.75) is 64.0 Å². The van der Waals surface area contributed by atoms with E-state index in [1.807, 2.05) is 6.92 Å². The lowest BCUT2D eigenvalue weighted by molar-refractivity contribution is -0.127. The van der Waals surface area contributed by atoms with Gasteiger partial charge in [-0.25, -0.2) is 0 Å². The molecule has 17 heavy (non-hydrogen) atoms. The van der Waals surface area contributed by atoms with Crippen LogP contribution in [0.1, 0.15) is 52.4 Å². The van der Waals surface area contributed by atoms with Gasteiger partial charge in [0.25, 0.3) is 0 Å². The van der Waals surface area contributed by atoms with E-state index in [9.17, 15) is 9.90 Å². The molecule has 4 nitrogen and oxygen atoms in total. The van der Waals surface area contributed by atoms with Gasteiger partial charge in [-0.1, -0.05) is 26.2 Å². The van der Waals surface area contributed by atoms with Gasteiger partial charge in [0.05, 0.1) is 11.6 Å². The molecule has 1 rings (SSSR count). The first-order valence-corrected chi connectivity index (χ1v) is 6.69. The van der Waals surface area contributed by atoms with E-state index in [4.69, 9.17) is 5.73 Å². The number of carbonyl (C=O) groups excluding carboxylic acids is 1. The molecular formula is C13H26N2O2. The summed E-state index contributed by atoms with van der Waals surface area (Å²) in [5.74, 6) is 0.265. The minimum Gasteiger partial charge on any atom is -0.393 e. The molecule has 0 aliphatic heterocycles. The van der Waals surface area contributed by atoms with E-state index < -0.39 is 5.54 Å². The molecule has 0 radical (unpaired) electrons. The van der Waals surface area contributed by atoms with Crippen molar-refractivity contribution in [1.82, 2.24) is 5.32 Å². The van der Waals surface area contributed by atoms with E-state index in [2.05, 4.69) is 5.32 Å². The number of aliphatic hydroxyl groups excluding tert-OH is 1. The van der Waals surface area contributed by atoms with Crippen molar-refractivity contribution in [3.8, 4) is 0 Å². The quantitative estimate of drug-likeness (QED) is 0.677. The van der Waals surface area contributed by atoms with Crippen LogP contribution in [0.25, 0.3) is 0 Å². The van der Waals surface area contributed by atoms with Gasteiger partial charge < -0.3 is 16.2 Å². The van der Waals surface area contributed by atoms with Crippen LogP contribution in [0.4, 0.5) is 0 Å². The molecule has 1 amide bonds. The van der Waals surface area contributed by atoms with Crippen LogP contribution in [0.5, 0.6) is 0 Å². The highest BCUT2D eigenvalue weighted by molar-refractivity contribution is 5.86. The second-order valence-corrected chi connectivity index (χ2v) is 5.62. The third-order valence-corrected chi connectivity index (χ3v) is 3.55. The summed E-state index contributed by atoms with van der Waals surface area (Å²) in [4.78, 5) is 12.0. The number of rotatable bonds is 5. The van der Waals surface area contributed by atoms with Gasteiger partial charge in [-0.2, -0.15) is 0 Å². The molecule has 0 aromatic rings. The van der Waals surface area contributed by atoms with Crippen LogP contribution in [0, 0.1) is 5.92 Å². The van der Waals surface area contributed by atoms with Gasteiger partial charge in [-0.3, -0.25) is 4.79 Å². The number of nitrogens with one attached hydrogen (secondary N) is 1. The lowest BCUT2D eigenvalue weighted by Crippen LogP contribution is -2.55. The molecule has 1 aliphatic carbocycles. The van der Waals surface area contributed by atoms with E-state index in [0.29, 0.717) is 13.0 Å². The van der Waals surface area contributed by atoms with Crippen LogP contribution in [-0.2, 0) is 4.79 Å². The fourth-order valence-electron chi connectivity index (χ4n) is 2.52. The zero-order chi connectivity index (χ0) is 12.9. The minimum atomic E-state index is -0.650. The first-order chi connectivity index (χ1) is 7.94. The average molecular weight is 242 g/mol. The number of hydrogen-bond donors (Lipinski definition) is 3. The van der Waals surface area contributed by atoms with Gasteiger partial charge in [0, 0.05) is 6.54 Å². The molecule has 0 aromatic heterocycles. The predicted octanol–water partition coefficient (Wildman–Crippen LogP) is 1.17. The molecule has 100 valence electrons. The summed E-state index contributed by atoms with van der Waals surface area (Å²) in [6.07, 6.45) is 5.26. The fraction of sp³-hybridized carbons (Fsp3) is 0.923. The second kappa shape index (κ2) is 6.36. The van der Waals surface area contributed by atoms with Crippen LogP contribution in [0.2, 0.25) is 0 Å². The van der Waals surface area contributed by atoms with Gasteiger partial charge in [0.15, 0.2) is 0 Å². The highest BCUT2D eigenvalue weighted by atomic mass is 16.3. The topological polar surface area (TPSA) is 75.3 Å². The maximum atomic E-state index is 12.0. The van der Waals surface area contributed by atoms with Crippen LogP contribution < -0.4 is 11.1 Å². The van der Waals surface area contributed by atoms with E-state index in [1.165, 1.54) is 6.42 Å². The molecule has 1 saturated carbocycles. The van der Waals surface area contributed by atoms with E-state index >= 15 is 0 Å². The van der Waals surface area contributed by atoms with Crippen LogP contribution in [0.15, 0.2) is 0 Å². The first-order valence-electron chi connectivity index (χ1n) is 6.69. The molecule has 0 saturated heterocycles. The lowest BCUT2D eigenvalue weighted by atomic mass is 9.82. The average Bonchev–Trinajstić information content (AvgIpc) is 2.26. The van der Waals surface area contributed by atoms with Crippen molar-refractivity contribution >= 4 is 5.91 Å². The molecule has 1 fully saturated rings. The Kier molecular flexibility index (Phi) is 5.40. The van der Waals surface area contributed by atoms with E-state index in [-0.39, 0.29) is 17.9 Å². The summed E-state index contributed by atoms with van der Waals surface area (Å²) in [7, 11) is 0. The zero-order valence-corrected chi connectivity index (χ0v) is 11.0. The molecule has 4 N–H and O–H groups in total. The standard InChI is InChI=1S/C13H26N2O2/c1-10(8-11(2)16)9-15-12(17)13(14)6-4-3-5-7-13/h10-11,16H,3-9,14H2,1-2H3,(H,15,17). The smallest absolute Gasteiger partial charge is 0.240 e. The Bertz CT molecular complexity index is 248. The molecule has 0 heterocycles. The molecule has 0 spiro atoms. The van der Waals surface area contributed by atoms with Crippen molar-refractivity contribution in [2.75, 3.05) is 6.54 Å². The third-order valence-electron chi connectivity index (χ3n) is 3.55. The summed E-state index contributed by atoms with van der Waals surface area (Å²) in [5.41, 5.74) is 5.48. The molecule has 0 aromatic carbocycles. The Morgan fingerprint density at radius 3 is 2.47 bits per heavy atom. The van der Waals surface area contributed by atoms with Crippen molar-refractivity contribution in [1.29, 1.82) is 0 Å². The molecule has 2 atom stereocenters. The Balaban J connectivity index is 2.33. The maximum absolute atomic E-state index is 12.0. The van der Waals surface area contributed by atoms with E-state index in [0.717, 1.165) is 25.7 Å². The number of aliphatic hydroxyl groups is 1. The van der Waals surface area contributed by atoms with Gasteiger partial charge in [-0.05, 0) is 32.1 Å². The Hall–Kier alpha value is -0.610. The van der Waals surface area contributed by atoms with Crippen molar-refractivity contribution in [2.24, 2.45) is 11.7 Å². The number of nitrogens with two attached hydrogens (primary N) is 1. The number of hydrogen-bond acceptors (Lipinski definition) is 3. The Morgan fingerprint density at radius 1 is 1.35 bits per heavy atom. The predicted molar refractivity (Wildman–Crippen MR) is 68.5 cm³/mol. The van der Waals surface area contributed by atoms with Gasteiger partial charge >= 0.3 is 0 Å². The minimum absolute atomic E-state index is 0.0188. The summed E-state index contributed by atoms with van der Waals surface area (Å²) >= 11 is 0. The normalized spacial score (nSPS) is 22.8. The summed E-state index contributed by atoms with van der Waals surface area (Å²) in [5, 5.41) is 12.2. The molecule has 1 aliphatic rings. The van der Waals surface area contributed by atoms with Crippen LogP contribution in [0.3, 0.4) is 0 Å². The van der Waals surface area contributed by atoms with Crippen molar-refractivity contribution in [3.05, 3.63) is 0 Å². The lowest BCUT2D eigenvalue weighted by Gasteiger charge is -2.32. The van der Waals surface area contributed by atoms with Gasteiger partial charge in [0.2, 0.25) is 5.91 Å². The van der Waals surface area contributed by atoms with Crippen molar-refractivity contribution < 1.29 is 9.90 Å². The molecular weight excluding hydrogens is 216 g/mol. The number of carbonyl (C=O) groups is 1. The highest BCUT2D eigenvalue weighted by Crippen LogP contribution is 2.25. The molecule has 2 unspecified atom stereocenters. The Labute approximate surface area is 104 Å². The van der Waals surface area contributed by atoms with E-state index in [1.54, 1.807) is 6.92 Å². The molecule has 4 heteroatoms.